The summed E-state index contributed by atoms with van der Waals surface area (Å²) in [6.07, 6.45) is 1.91. The Bertz CT molecular complexity index is 891. The highest BCUT2D eigenvalue weighted by atomic mass is 127. The summed E-state index contributed by atoms with van der Waals surface area (Å²) in [5.74, 6) is 0.745. The largest absolute Gasteiger partial charge is 0.454 e. The number of nitrogens with zero attached hydrogens (tertiary/aromatic N) is 3. The van der Waals surface area contributed by atoms with Crippen molar-refractivity contribution in [3.63, 3.8) is 0 Å². The molecule has 4 aromatic rings. The zero-order chi connectivity index (χ0) is 14.9. The van der Waals surface area contributed by atoms with E-state index in [-0.39, 0.29) is 0 Å². The number of hydrogen-bond acceptors (Lipinski definition) is 3. The van der Waals surface area contributed by atoms with Crippen LogP contribution >= 0.6 is 22.6 Å². The Morgan fingerprint density at radius 1 is 1.05 bits per heavy atom. The van der Waals surface area contributed by atoms with Gasteiger partial charge in [0.05, 0.1) is 12.7 Å². The van der Waals surface area contributed by atoms with Crippen LogP contribution in [0.4, 0.5) is 0 Å². The summed E-state index contributed by atoms with van der Waals surface area (Å²) in [6, 6.07) is 18.3. The highest BCUT2D eigenvalue weighted by Crippen LogP contribution is 2.26. The van der Waals surface area contributed by atoms with Gasteiger partial charge in [-0.05, 0) is 52.4 Å². The summed E-state index contributed by atoms with van der Waals surface area (Å²) < 4.78 is 8.87. The van der Waals surface area contributed by atoms with E-state index in [4.69, 9.17) is 4.42 Å². The molecule has 0 spiro atoms. The summed E-state index contributed by atoms with van der Waals surface area (Å²) in [5, 5.41) is 9.47. The van der Waals surface area contributed by atoms with Crippen LogP contribution in [-0.2, 0) is 6.54 Å². The summed E-state index contributed by atoms with van der Waals surface area (Å²) in [5.41, 5.74) is 2.81. The van der Waals surface area contributed by atoms with E-state index in [1.165, 1.54) is 9.13 Å². The fourth-order valence-electron chi connectivity index (χ4n) is 2.37. The SMILES string of the molecule is Ic1ccc(Cn2cc(-c3cc4ccccc4o3)nn2)cc1. The van der Waals surface area contributed by atoms with Gasteiger partial charge in [-0.3, -0.25) is 0 Å². The maximum Gasteiger partial charge on any atom is 0.157 e. The molecule has 2 aromatic heterocycles. The number of para-hydroxylation sites is 1. The van der Waals surface area contributed by atoms with Crippen LogP contribution in [0.1, 0.15) is 5.56 Å². The Morgan fingerprint density at radius 2 is 1.86 bits per heavy atom. The minimum absolute atomic E-state index is 0.699. The van der Waals surface area contributed by atoms with E-state index in [1.807, 2.05) is 41.2 Å². The van der Waals surface area contributed by atoms with E-state index in [9.17, 15) is 0 Å². The number of fused-ring (bicyclic) bond motifs is 1. The molecule has 0 saturated carbocycles. The van der Waals surface area contributed by atoms with Gasteiger partial charge in [0.25, 0.3) is 0 Å². The van der Waals surface area contributed by atoms with Crippen LogP contribution in [-0.4, -0.2) is 15.0 Å². The van der Waals surface area contributed by atoms with Gasteiger partial charge in [0.2, 0.25) is 0 Å². The van der Waals surface area contributed by atoms with Crippen molar-refractivity contribution in [2.75, 3.05) is 0 Å². The van der Waals surface area contributed by atoms with Gasteiger partial charge in [-0.2, -0.15) is 0 Å². The van der Waals surface area contributed by atoms with Crippen molar-refractivity contribution in [1.29, 1.82) is 0 Å². The van der Waals surface area contributed by atoms with Crippen LogP contribution in [0.5, 0.6) is 0 Å². The van der Waals surface area contributed by atoms with Gasteiger partial charge in [0.1, 0.15) is 11.3 Å². The molecule has 0 aliphatic heterocycles. The predicted molar refractivity (Wildman–Crippen MR) is 93.5 cm³/mol. The van der Waals surface area contributed by atoms with E-state index in [2.05, 4.69) is 57.2 Å². The Morgan fingerprint density at radius 3 is 2.68 bits per heavy atom. The highest BCUT2D eigenvalue weighted by Gasteiger charge is 2.10. The lowest BCUT2D eigenvalue weighted by atomic mass is 10.2. The molecule has 0 amide bonds. The number of halogens is 1. The molecule has 0 fully saturated rings. The number of benzene rings is 2. The van der Waals surface area contributed by atoms with E-state index >= 15 is 0 Å². The lowest BCUT2D eigenvalue weighted by Crippen LogP contribution is -2.00. The van der Waals surface area contributed by atoms with Crippen molar-refractivity contribution in [3.8, 4) is 11.5 Å². The highest BCUT2D eigenvalue weighted by molar-refractivity contribution is 14.1. The van der Waals surface area contributed by atoms with Gasteiger partial charge in [-0.15, -0.1) is 5.10 Å². The first kappa shape index (κ1) is 13.5. The van der Waals surface area contributed by atoms with E-state index in [0.29, 0.717) is 6.54 Å². The summed E-state index contributed by atoms with van der Waals surface area (Å²) >= 11 is 2.30. The molecule has 0 N–H and O–H groups in total. The van der Waals surface area contributed by atoms with Gasteiger partial charge in [-0.25, -0.2) is 4.68 Å². The maximum atomic E-state index is 5.82. The van der Waals surface area contributed by atoms with Crippen molar-refractivity contribution >= 4 is 33.6 Å². The van der Waals surface area contributed by atoms with Crippen LogP contribution in [0.3, 0.4) is 0 Å². The van der Waals surface area contributed by atoms with Crippen molar-refractivity contribution in [3.05, 3.63) is 69.9 Å². The Labute approximate surface area is 140 Å². The topological polar surface area (TPSA) is 43.9 Å². The minimum Gasteiger partial charge on any atom is -0.454 e. The van der Waals surface area contributed by atoms with E-state index < -0.39 is 0 Å². The standard InChI is InChI=1S/C17H12IN3O/c18-14-7-5-12(6-8-14)10-21-11-15(19-20-21)17-9-13-3-1-2-4-16(13)22-17/h1-9,11H,10H2. The molecule has 0 unspecified atom stereocenters. The van der Waals surface area contributed by atoms with Crippen molar-refractivity contribution < 1.29 is 4.42 Å². The first-order valence-corrected chi connectivity index (χ1v) is 7.99. The molecule has 0 bridgehead atoms. The van der Waals surface area contributed by atoms with Crippen molar-refractivity contribution in [1.82, 2.24) is 15.0 Å². The van der Waals surface area contributed by atoms with Crippen LogP contribution in [0, 0.1) is 3.57 Å². The number of furan rings is 1. The molecule has 0 radical (unpaired) electrons. The van der Waals surface area contributed by atoms with Crippen LogP contribution in [0.2, 0.25) is 0 Å². The zero-order valence-corrected chi connectivity index (χ0v) is 13.8. The number of rotatable bonds is 3. The second kappa shape index (κ2) is 5.57. The van der Waals surface area contributed by atoms with E-state index in [0.717, 1.165) is 22.4 Å². The smallest absolute Gasteiger partial charge is 0.157 e. The molecular formula is C17H12IN3O. The fraction of sp³-hybridized carbons (Fsp3) is 0.0588. The van der Waals surface area contributed by atoms with E-state index in [1.54, 1.807) is 0 Å². The third-order valence-electron chi connectivity index (χ3n) is 3.47. The van der Waals surface area contributed by atoms with Crippen LogP contribution in [0.25, 0.3) is 22.4 Å². The molecular weight excluding hydrogens is 389 g/mol. The molecule has 4 nitrogen and oxygen atoms in total. The molecule has 22 heavy (non-hydrogen) atoms. The fourth-order valence-corrected chi connectivity index (χ4v) is 2.73. The lowest BCUT2D eigenvalue weighted by molar-refractivity contribution is 0.627. The molecule has 4 rings (SSSR count). The molecule has 0 aliphatic carbocycles. The second-order valence-corrected chi connectivity index (χ2v) is 6.32. The Balaban J connectivity index is 1.61. The zero-order valence-electron chi connectivity index (χ0n) is 11.6. The first-order chi connectivity index (χ1) is 10.8. The van der Waals surface area contributed by atoms with Crippen molar-refractivity contribution in [2.24, 2.45) is 0 Å². The first-order valence-electron chi connectivity index (χ1n) is 6.91. The maximum absolute atomic E-state index is 5.82. The summed E-state index contributed by atoms with van der Waals surface area (Å²) in [6.45, 7) is 0.699. The van der Waals surface area contributed by atoms with Gasteiger partial charge in [0, 0.05) is 8.96 Å². The molecule has 5 heteroatoms. The molecule has 108 valence electrons. The van der Waals surface area contributed by atoms with Crippen LogP contribution < -0.4 is 0 Å². The molecule has 0 aliphatic rings. The Kier molecular flexibility index (Phi) is 3.42. The van der Waals surface area contributed by atoms with Gasteiger partial charge in [-0.1, -0.05) is 35.5 Å². The van der Waals surface area contributed by atoms with Gasteiger partial charge in [0.15, 0.2) is 5.76 Å². The van der Waals surface area contributed by atoms with Crippen molar-refractivity contribution in [2.45, 2.75) is 6.54 Å². The molecule has 0 saturated heterocycles. The third kappa shape index (κ3) is 2.64. The number of hydrogen-bond donors (Lipinski definition) is 0. The predicted octanol–water partition coefficient (Wildman–Crippen LogP) is 4.34. The Hall–Kier alpha value is -2.15. The average molecular weight is 401 g/mol. The lowest BCUT2D eigenvalue weighted by Gasteiger charge is -2.00. The summed E-state index contributed by atoms with van der Waals surface area (Å²) in [4.78, 5) is 0. The molecule has 2 heterocycles. The normalized spacial score (nSPS) is 11.1. The van der Waals surface area contributed by atoms with Crippen LogP contribution in [0.15, 0.2) is 65.2 Å². The third-order valence-corrected chi connectivity index (χ3v) is 4.19. The monoisotopic (exact) mass is 401 g/mol. The minimum atomic E-state index is 0.699. The van der Waals surface area contributed by atoms with Gasteiger partial charge < -0.3 is 4.42 Å². The summed E-state index contributed by atoms with van der Waals surface area (Å²) in [7, 11) is 0. The molecule has 2 aromatic carbocycles. The van der Waals surface area contributed by atoms with Gasteiger partial charge >= 0.3 is 0 Å². The number of aromatic nitrogens is 3. The quantitative estimate of drug-likeness (QED) is 0.480. The average Bonchev–Trinajstić information content (AvgIpc) is 3.15. The second-order valence-electron chi connectivity index (χ2n) is 5.08. The molecule has 0 atom stereocenters.